The van der Waals surface area contributed by atoms with Crippen LogP contribution in [0.1, 0.15) is 37.2 Å². The Labute approximate surface area is 174 Å². The number of hydrogen-bond acceptors (Lipinski definition) is 5. The Bertz CT molecular complexity index is 982. The molecule has 1 saturated carbocycles. The number of carbonyl (C=O) groups excluding carboxylic acids is 3. The monoisotopic (exact) mass is 411 g/mol. The van der Waals surface area contributed by atoms with E-state index in [-0.39, 0.29) is 18.4 Å². The van der Waals surface area contributed by atoms with Crippen LogP contribution in [0.2, 0.25) is 0 Å². The number of nitrogens with zero attached hydrogens (tertiary/aromatic N) is 3. The van der Waals surface area contributed by atoms with Crippen LogP contribution < -0.4 is 15.4 Å². The number of imidazole rings is 1. The standard InChI is InChI=1S/C21H25N5O4/c1-21(14-6-7-14)19(28)26(20(29)24-21)12-16(27)23-17(18-22-10-11-25(18)2)13-4-8-15(30-3)9-5-13/h4-5,8-11,14,17H,6-7,12H2,1-3H3,(H,23,27)(H,24,29)/t17-,21-/m0/s1. The average molecular weight is 411 g/mol. The van der Waals surface area contributed by atoms with Gasteiger partial charge in [0, 0.05) is 19.4 Å². The van der Waals surface area contributed by atoms with Gasteiger partial charge < -0.3 is 19.9 Å². The molecule has 0 spiro atoms. The van der Waals surface area contributed by atoms with E-state index in [1.807, 2.05) is 23.7 Å². The summed E-state index contributed by atoms with van der Waals surface area (Å²) in [6, 6.07) is 6.22. The molecule has 30 heavy (non-hydrogen) atoms. The van der Waals surface area contributed by atoms with Crippen molar-refractivity contribution >= 4 is 17.8 Å². The predicted octanol–water partition coefficient (Wildman–Crippen LogP) is 1.35. The van der Waals surface area contributed by atoms with E-state index in [2.05, 4.69) is 15.6 Å². The molecule has 158 valence electrons. The molecule has 1 aliphatic heterocycles. The lowest BCUT2D eigenvalue weighted by molar-refractivity contribution is -0.135. The molecule has 1 aromatic heterocycles. The third-order valence-electron chi connectivity index (χ3n) is 5.87. The summed E-state index contributed by atoms with van der Waals surface area (Å²) in [5.41, 5.74) is -0.106. The summed E-state index contributed by atoms with van der Waals surface area (Å²) >= 11 is 0. The minimum Gasteiger partial charge on any atom is -0.497 e. The molecular formula is C21H25N5O4. The van der Waals surface area contributed by atoms with Gasteiger partial charge in [0.05, 0.1) is 7.11 Å². The molecule has 9 nitrogen and oxygen atoms in total. The van der Waals surface area contributed by atoms with E-state index in [0.717, 1.165) is 23.3 Å². The zero-order chi connectivity index (χ0) is 21.5. The van der Waals surface area contributed by atoms with E-state index in [1.54, 1.807) is 38.6 Å². The Morgan fingerprint density at radius 3 is 2.60 bits per heavy atom. The van der Waals surface area contributed by atoms with Crippen molar-refractivity contribution in [3.05, 3.63) is 48.0 Å². The van der Waals surface area contributed by atoms with Crippen molar-refractivity contribution in [2.75, 3.05) is 13.7 Å². The molecule has 2 heterocycles. The number of nitrogens with one attached hydrogen (secondary N) is 2. The van der Waals surface area contributed by atoms with Gasteiger partial charge in [0.2, 0.25) is 5.91 Å². The fraction of sp³-hybridized carbons (Fsp3) is 0.429. The third-order valence-corrected chi connectivity index (χ3v) is 5.87. The van der Waals surface area contributed by atoms with Crippen LogP contribution in [0.5, 0.6) is 5.75 Å². The number of urea groups is 1. The van der Waals surface area contributed by atoms with Crippen LogP contribution in [-0.2, 0) is 16.6 Å². The molecule has 1 aromatic carbocycles. The zero-order valence-electron chi connectivity index (χ0n) is 17.2. The summed E-state index contributed by atoms with van der Waals surface area (Å²) in [4.78, 5) is 43.4. The molecule has 9 heteroatoms. The molecule has 0 radical (unpaired) electrons. The molecule has 0 bridgehead atoms. The van der Waals surface area contributed by atoms with Crippen LogP contribution in [0.15, 0.2) is 36.7 Å². The van der Waals surface area contributed by atoms with Gasteiger partial charge in [0.25, 0.3) is 5.91 Å². The first kappa shape index (κ1) is 19.9. The van der Waals surface area contributed by atoms with Crippen molar-refractivity contribution in [1.82, 2.24) is 25.1 Å². The Kier molecular flexibility index (Phi) is 4.97. The second-order valence-electron chi connectivity index (χ2n) is 7.97. The zero-order valence-corrected chi connectivity index (χ0v) is 17.2. The fourth-order valence-corrected chi connectivity index (χ4v) is 3.90. The van der Waals surface area contributed by atoms with Gasteiger partial charge in [-0.15, -0.1) is 0 Å². The van der Waals surface area contributed by atoms with Crippen molar-refractivity contribution in [3.63, 3.8) is 0 Å². The number of amides is 4. The largest absolute Gasteiger partial charge is 0.497 e. The second-order valence-corrected chi connectivity index (χ2v) is 7.97. The first-order valence-corrected chi connectivity index (χ1v) is 9.88. The average Bonchev–Trinajstić information content (AvgIpc) is 3.47. The summed E-state index contributed by atoms with van der Waals surface area (Å²) in [7, 11) is 3.42. The maximum atomic E-state index is 12.9. The van der Waals surface area contributed by atoms with Crippen molar-refractivity contribution in [3.8, 4) is 5.75 Å². The van der Waals surface area contributed by atoms with Gasteiger partial charge in [-0.25, -0.2) is 9.78 Å². The highest BCUT2D eigenvalue weighted by Gasteiger charge is 2.56. The number of ether oxygens (including phenoxy) is 1. The van der Waals surface area contributed by atoms with Crippen LogP contribution in [0.3, 0.4) is 0 Å². The molecule has 1 saturated heterocycles. The van der Waals surface area contributed by atoms with E-state index in [0.29, 0.717) is 11.6 Å². The van der Waals surface area contributed by atoms with Gasteiger partial charge in [0.1, 0.15) is 29.7 Å². The highest BCUT2D eigenvalue weighted by atomic mass is 16.5. The normalized spacial score (nSPS) is 22.0. The summed E-state index contributed by atoms with van der Waals surface area (Å²) in [6.07, 6.45) is 5.25. The fourth-order valence-electron chi connectivity index (χ4n) is 3.90. The number of imide groups is 1. The smallest absolute Gasteiger partial charge is 0.325 e. The van der Waals surface area contributed by atoms with Gasteiger partial charge in [-0.05, 0) is 43.4 Å². The molecule has 2 atom stereocenters. The molecule has 4 rings (SSSR count). The highest BCUT2D eigenvalue weighted by molar-refractivity contribution is 6.09. The molecule has 2 fully saturated rings. The van der Waals surface area contributed by atoms with Crippen molar-refractivity contribution in [1.29, 1.82) is 0 Å². The van der Waals surface area contributed by atoms with E-state index in [1.165, 1.54) is 0 Å². The lowest BCUT2D eigenvalue weighted by Gasteiger charge is -2.22. The lowest BCUT2D eigenvalue weighted by atomic mass is 9.96. The number of methoxy groups -OCH3 is 1. The van der Waals surface area contributed by atoms with Gasteiger partial charge in [-0.3, -0.25) is 14.5 Å². The molecular weight excluding hydrogens is 386 g/mol. The molecule has 2 aliphatic rings. The number of rotatable bonds is 7. The Balaban J connectivity index is 1.53. The third kappa shape index (κ3) is 3.51. The molecule has 1 aliphatic carbocycles. The maximum absolute atomic E-state index is 12.9. The quantitative estimate of drug-likeness (QED) is 0.669. The first-order valence-electron chi connectivity index (χ1n) is 9.88. The van der Waals surface area contributed by atoms with Crippen LogP contribution in [-0.4, -0.2) is 51.5 Å². The van der Waals surface area contributed by atoms with Crippen LogP contribution in [0.4, 0.5) is 4.79 Å². The Morgan fingerprint density at radius 2 is 2.03 bits per heavy atom. The SMILES string of the molecule is COc1ccc([C@H](NC(=O)CN2C(=O)N[C@@](C)(C3CC3)C2=O)c2nccn2C)cc1. The predicted molar refractivity (Wildman–Crippen MR) is 108 cm³/mol. The summed E-state index contributed by atoms with van der Waals surface area (Å²) in [5, 5.41) is 5.68. The van der Waals surface area contributed by atoms with Crippen molar-refractivity contribution in [2.45, 2.75) is 31.3 Å². The minimum absolute atomic E-state index is 0.140. The minimum atomic E-state index is -0.910. The van der Waals surface area contributed by atoms with Crippen LogP contribution in [0.25, 0.3) is 0 Å². The number of carbonyl (C=O) groups is 3. The highest BCUT2D eigenvalue weighted by Crippen LogP contribution is 2.42. The van der Waals surface area contributed by atoms with E-state index < -0.39 is 23.5 Å². The number of benzene rings is 1. The van der Waals surface area contributed by atoms with Crippen molar-refractivity contribution in [2.24, 2.45) is 13.0 Å². The first-order chi connectivity index (χ1) is 14.3. The molecule has 2 aromatic rings. The van der Waals surface area contributed by atoms with E-state index in [9.17, 15) is 14.4 Å². The Morgan fingerprint density at radius 1 is 1.33 bits per heavy atom. The number of hydrogen-bond donors (Lipinski definition) is 2. The van der Waals surface area contributed by atoms with E-state index >= 15 is 0 Å². The Hall–Kier alpha value is -3.36. The number of aryl methyl sites for hydroxylation is 1. The van der Waals surface area contributed by atoms with Crippen LogP contribution >= 0.6 is 0 Å². The maximum Gasteiger partial charge on any atom is 0.325 e. The second kappa shape index (κ2) is 7.47. The van der Waals surface area contributed by atoms with E-state index in [4.69, 9.17) is 4.74 Å². The van der Waals surface area contributed by atoms with Gasteiger partial charge in [-0.1, -0.05) is 12.1 Å². The molecule has 0 unspecified atom stereocenters. The summed E-state index contributed by atoms with van der Waals surface area (Å²) in [6.45, 7) is 1.39. The van der Waals surface area contributed by atoms with Crippen LogP contribution in [0, 0.1) is 5.92 Å². The van der Waals surface area contributed by atoms with Crippen molar-refractivity contribution < 1.29 is 19.1 Å². The summed E-state index contributed by atoms with van der Waals surface area (Å²) < 4.78 is 7.02. The topological polar surface area (TPSA) is 106 Å². The summed E-state index contributed by atoms with van der Waals surface area (Å²) in [5.74, 6) is 0.683. The van der Waals surface area contributed by atoms with Gasteiger partial charge >= 0.3 is 6.03 Å². The molecule has 2 N–H and O–H groups in total. The lowest BCUT2D eigenvalue weighted by Crippen LogP contribution is -2.47. The number of aromatic nitrogens is 2. The van der Waals surface area contributed by atoms with Gasteiger partial charge in [0.15, 0.2) is 0 Å². The molecule has 4 amide bonds. The van der Waals surface area contributed by atoms with Gasteiger partial charge in [-0.2, -0.15) is 0 Å².